The molecule has 0 bridgehead atoms. The molecule has 0 aliphatic heterocycles. The van der Waals surface area contributed by atoms with Crippen LogP contribution in [0.25, 0.3) is 0 Å². The number of nitrogens with two attached hydrogens (primary N) is 1. The van der Waals surface area contributed by atoms with Crippen LogP contribution in [-0.2, 0) is 11.2 Å². The molecule has 0 aliphatic rings. The molecule has 0 radical (unpaired) electrons. The number of aromatic amines is 2. The van der Waals surface area contributed by atoms with Gasteiger partial charge in [0.25, 0.3) is 5.56 Å². The number of hydrogen-bond donors (Lipinski definition) is 4. The number of amides is 1. The average molecular weight is 198 g/mol. The molecule has 0 saturated carbocycles. The summed E-state index contributed by atoms with van der Waals surface area (Å²) in [5, 5.41) is 5.15. The van der Waals surface area contributed by atoms with Crippen molar-refractivity contribution < 1.29 is 4.79 Å². The van der Waals surface area contributed by atoms with Crippen LogP contribution in [-0.4, -0.2) is 16.1 Å². The van der Waals surface area contributed by atoms with Crippen LogP contribution in [0.15, 0.2) is 4.79 Å². The van der Waals surface area contributed by atoms with Crippen LogP contribution >= 0.6 is 0 Å². The Balaban J connectivity index is 2.79. The lowest BCUT2D eigenvalue weighted by Gasteiger charge is -2.07. The molecule has 0 aromatic carbocycles. The molecule has 1 aromatic heterocycles. The first-order chi connectivity index (χ1) is 6.56. The third-order valence-corrected chi connectivity index (χ3v) is 2.19. The zero-order valence-electron chi connectivity index (χ0n) is 8.18. The molecule has 1 aromatic rings. The number of aromatic nitrogens is 2. The average Bonchev–Trinajstić information content (AvgIpc) is 2.48. The van der Waals surface area contributed by atoms with E-state index in [2.05, 4.69) is 15.6 Å². The van der Waals surface area contributed by atoms with Crippen molar-refractivity contribution in [1.82, 2.24) is 15.6 Å². The Hall–Kier alpha value is -1.56. The van der Waals surface area contributed by atoms with Gasteiger partial charge >= 0.3 is 0 Å². The van der Waals surface area contributed by atoms with Crippen molar-refractivity contribution in [3.05, 3.63) is 21.6 Å². The maximum atomic E-state index is 11.2. The molecule has 1 atom stereocenters. The molecule has 78 valence electrons. The molecule has 1 amide bonds. The number of hydrazine groups is 1. The molecule has 1 rings (SSSR count). The quantitative estimate of drug-likeness (QED) is 0.290. The number of H-pyrrole nitrogens is 2. The molecule has 1 heterocycles. The number of aryl methyl sites for hydroxylation is 1. The van der Waals surface area contributed by atoms with Gasteiger partial charge in [-0.25, -0.2) is 5.84 Å². The second kappa shape index (κ2) is 4.10. The van der Waals surface area contributed by atoms with Crippen molar-refractivity contribution in [2.45, 2.75) is 20.3 Å². The van der Waals surface area contributed by atoms with E-state index in [-0.39, 0.29) is 17.4 Å². The lowest BCUT2D eigenvalue weighted by molar-refractivity contribution is -0.124. The molecular weight excluding hydrogens is 184 g/mol. The Morgan fingerprint density at radius 3 is 2.64 bits per heavy atom. The standard InChI is InChI=1S/C8H14N4O2/c1-4(7(13)10-9)3-6-5(2)11-12-8(6)14/h4H,3,9H2,1-2H3,(H,10,13)(H2,11,12,14)/t4-/m0/s1. The first-order valence-electron chi connectivity index (χ1n) is 4.32. The van der Waals surface area contributed by atoms with E-state index in [1.54, 1.807) is 13.8 Å². The van der Waals surface area contributed by atoms with Crippen LogP contribution < -0.4 is 16.8 Å². The van der Waals surface area contributed by atoms with Crippen molar-refractivity contribution in [3.63, 3.8) is 0 Å². The summed E-state index contributed by atoms with van der Waals surface area (Å²) >= 11 is 0. The highest BCUT2D eigenvalue weighted by Gasteiger charge is 2.16. The monoisotopic (exact) mass is 198 g/mol. The minimum atomic E-state index is -0.310. The van der Waals surface area contributed by atoms with Gasteiger partial charge in [-0.2, -0.15) is 0 Å². The first-order valence-corrected chi connectivity index (χ1v) is 4.32. The maximum absolute atomic E-state index is 11.2. The predicted molar refractivity (Wildman–Crippen MR) is 51.3 cm³/mol. The van der Waals surface area contributed by atoms with E-state index in [1.165, 1.54) is 0 Å². The van der Waals surface area contributed by atoms with Gasteiger partial charge in [0.05, 0.1) is 0 Å². The number of rotatable bonds is 3. The topological polar surface area (TPSA) is 104 Å². The molecule has 0 fully saturated rings. The van der Waals surface area contributed by atoms with Crippen LogP contribution in [0.4, 0.5) is 0 Å². The van der Waals surface area contributed by atoms with Gasteiger partial charge in [0.1, 0.15) is 0 Å². The highest BCUT2D eigenvalue weighted by Crippen LogP contribution is 2.06. The van der Waals surface area contributed by atoms with Crippen LogP contribution in [0.2, 0.25) is 0 Å². The van der Waals surface area contributed by atoms with E-state index in [9.17, 15) is 9.59 Å². The van der Waals surface area contributed by atoms with Crippen LogP contribution in [0.1, 0.15) is 18.2 Å². The van der Waals surface area contributed by atoms with Crippen molar-refractivity contribution in [1.29, 1.82) is 0 Å². The first kappa shape index (κ1) is 10.5. The molecule has 5 N–H and O–H groups in total. The largest absolute Gasteiger partial charge is 0.302 e. The second-order valence-electron chi connectivity index (χ2n) is 3.30. The fourth-order valence-corrected chi connectivity index (χ4v) is 1.26. The number of carbonyl (C=O) groups is 1. The molecule has 0 spiro atoms. The maximum Gasteiger partial charge on any atom is 0.267 e. The molecule has 14 heavy (non-hydrogen) atoms. The van der Waals surface area contributed by atoms with Gasteiger partial charge < -0.3 is 5.10 Å². The van der Waals surface area contributed by atoms with Gasteiger partial charge in [-0.15, -0.1) is 0 Å². The summed E-state index contributed by atoms with van der Waals surface area (Å²) in [5.74, 6) is 4.40. The summed E-state index contributed by atoms with van der Waals surface area (Å²) in [4.78, 5) is 22.3. The van der Waals surface area contributed by atoms with E-state index in [0.29, 0.717) is 12.0 Å². The molecule has 0 saturated heterocycles. The summed E-state index contributed by atoms with van der Waals surface area (Å²) in [6.07, 6.45) is 0.383. The van der Waals surface area contributed by atoms with Crippen LogP contribution in [0, 0.1) is 12.8 Å². The van der Waals surface area contributed by atoms with Crippen molar-refractivity contribution in [2.75, 3.05) is 0 Å². The lowest BCUT2D eigenvalue weighted by atomic mass is 10.0. The lowest BCUT2D eigenvalue weighted by Crippen LogP contribution is -2.36. The Bertz CT molecular complexity index is 379. The van der Waals surface area contributed by atoms with E-state index in [4.69, 9.17) is 5.84 Å². The van der Waals surface area contributed by atoms with Gasteiger partial charge in [0, 0.05) is 17.2 Å². The smallest absolute Gasteiger partial charge is 0.267 e. The SMILES string of the molecule is Cc1[nH][nH]c(=O)c1C[C@H](C)C(=O)NN. The molecular formula is C8H14N4O2. The Labute approximate surface area is 80.8 Å². The second-order valence-corrected chi connectivity index (χ2v) is 3.30. The van der Waals surface area contributed by atoms with E-state index in [1.807, 2.05) is 0 Å². The zero-order chi connectivity index (χ0) is 10.7. The molecule has 6 heteroatoms. The summed E-state index contributed by atoms with van der Waals surface area (Å²) in [5.41, 5.74) is 3.23. The summed E-state index contributed by atoms with van der Waals surface area (Å²) < 4.78 is 0. The highest BCUT2D eigenvalue weighted by molar-refractivity contribution is 5.77. The molecule has 0 unspecified atom stereocenters. The molecule has 6 nitrogen and oxygen atoms in total. The molecule has 0 aliphatic carbocycles. The summed E-state index contributed by atoms with van der Waals surface area (Å²) in [6, 6.07) is 0. The summed E-state index contributed by atoms with van der Waals surface area (Å²) in [6.45, 7) is 3.49. The van der Waals surface area contributed by atoms with E-state index in [0.717, 1.165) is 5.69 Å². The number of carbonyl (C=O) groups excluding carboxylic acids is 1. The summed E-state index contributed by atoms with van der Waals surface area (Å²) in [7, 11) is 0. The van der Waals surface area contributed by atoms with Gasteiger partial charge in [0.2, 0.25) is 5.91 Å². The Morgan fingerprint density at radius 2 is 2.21 bits per heavy atom. The van der Waals surface area contributed by atoms with Crippen LogP contribution in [0.5, 0.6) is 0 Å². The van der Waals surface area contributed by atoms with Crippen molar-refractivity contribution in [2.24, 2.45) is 11.8 Å². The van der Waals surface area contributed by atoms with Crippen molar-refractivity contribution in [3.8, 4) is 0 Å². The van der Waals surface area contributed by atoms with Gasteiger partial charge in [0.15, 0.2) is 0 Å². The Kier molecular flexibility index (Phi) is 3.08. The highest BCUT2D eigenvalue weighted by atomic mass is 16.2. The third-order valence-electron chi connectivity index (χ3n) is 2.19. The van der Waals surface area contributed by atoms with Crippen LogP contribution in [0.3, 0.4) is 0 Å². The van der Waals surface area contributed by atoms with Gasteiger partial charge in [-0.3, -0.25) is 20.1 Å². The number of nitrogens with one attached hydrogen (secondary N) is 3. The predicted octanol–water partition coefficient (Wildman–Crippen LogP) is -0.820. The fraction of sp³-hybridized carbons (Fsp3) is 0.500. The minimum Gasteiger partial charge on any atom is -0.302 e. The van der Waals surface area contributed by atoms with Crippen molar-refractivity contribution >= 4 is 5.91 Å². The van der Waals surface area contributed by atoms with E-state index >= 15 is 0 Å². The fourth-order valence-electron chi connectivity index (χ4n) is 1.26. The van der Waals surface area contributed by atoms with Gasteiger partial charge in [-0.1, -0.05) is 6.92 Å². The zero-order valence-corrected chi connectivity index (χ0v) is 8.18. The van der Waals surface area contributed by atoms with E-state index < -0.39 is 0 Å². The number of hydrogen-bond acceptors (Lipinski definition) is 3. The normalized spacial score (nSPS) is 12.5. The van der Waals surface area contributed by atoms with Gasteiger partial charge in [-0.05, 0) is 13.3 Å². The minimum absolute atomic E-state index is 0.181. The third kappa shape index (κ3) is 2.02. The Morgan fingerprint density at radius 1 is 1.57 bits per heavy atom.